The maximum Gasteiger partial charge on any atom is 0.250 e. The molecule has 0 spiro atoms. The highest BCUT2D eigenvalue weighted by atomic mass is 16.1. The van der Waals surface area contributed by atoms with Gasteiger partial charge in [0.15, 0.2) is 0 Å². The summed E-state index contributed by atoms with van der Waals surface area (Å²) in [4.78, 5) is 13.4. The maximum absolute atomic E-state index is 11.3. The molecule has 0 aliphatic heterocycles. The van der Waals surface area contributed by atoms with Gasteiger partial charge in [-0.05, 0) is 31.4 Å². The first-order chi connectivity index (χ1) is 7.61. The van der Waals surface area contributed by atoms with Gasteiger partial charge in [-0.2, -0.15) is 0 Å². The molecule has 1 aromatic rings. The van der Waals surface area contributed by atoms with E-state index in [9.17, 15) is 4.79 Å². The molecule has 1 fully saturated rings. The lowest BCUT2D eigenvalue weighted by Gasteiger charge is -2.37. The van der Waals surface area contributed by atoms with E-state index in [1.165, 1.54) is 6.42 Å². The number of hydrogen-bond acceptors (Lipinski definition) is 3. The molecule has 0 radical (unpaired) electrons. The highest BCUT2D eigenvalue weighted by molar-refractivity contribution is 6.01. The van der Waals surface area contributed by atoms with Crippen molar-refractivity contribution in [3.63, 3.8) is 0 Å². The molecule has 1 aliphatic carbocycles. The number of anilines is 2. The Morgan fingerprint density at radius 3 is 2.62 bits per heavy atom. The first-order valence-corrected chi connectivity index (χ1v) is 5.52. The van der Waals surface area contributed by atoms with Crippen molar-refractivity contribution < 1.29 is 4.79 Å². The second-order valence-electron chi connectivity index (χ2n) is 4.30. The number of nitrogens with zero attached hydrogens (tertiary/aromatic N) is 1. The van der Waals surface area contributed by atoms with E-state index in [1.54, 1.807) is 18.2 Å². The second kappa shape index (κ2) is 4.04. The Labute approximate surface area is 95.2 Å². The first-order valence-electron chi connectivity index (χ1n) is 5.52. The second-order valence-corrected chi connectivity index (χ2v) is 4.30. The van der Waals surface area contributed by atoms with Gasteiger partial charge in [0.2, 0.25) is 0 Å². The van der Waals surface area contributed by atoms with Crippen LogP contribution in [0.15, 0.2) is 18.2 Å². The van der Waals surface area contributed by atoms with Gasteiger partial charge in [-0.3, -0.25) is 4.79 Å². The van der Waals surface area contributed by atoms with Crippen LogP contribution >= 0.6 is 0 Å². The van der Waals surface area contributed by atoms with Gasteiger partial charge >= 0.3 is 0 Å². The standard InChI is InChI=1S/C12H17N3O/c1-15(8-4-2-5-8)11-9(12(14)16)6-3-7-10(11)13/h3,6-8H,2,4-5,13H2,1H3,(H2,14,16). The number of para-hydroxylation sites is 1. The molecule has 1 aromatic carbocycles. The normalized spacial score (nSPS) is 15.6. The summed E-state index contributed by atoms with van der Waals surface area (Å²) in [5, 5.41) is 0. The van der Waals surface area contributed by atoms with Crippen molar-refractivity contribution in [1.82, 2.24) is 0 Å². The summed E-state index contributed by atoms with van der Waals surface area (Å²) >= 11 is 0. The molecule has 0 heterocycles. The van der Waals surface area contributed by atoms with Crippen molar-refractivity contribution in [2.45, 2.75) is 25.3 Å². The van der Waals surface area contributed by atoms with Crippen LogP contribution in [0.25, 0.3) is 0 Å². The largest absolute Gasteiger partial charge is 0.397 e. The number of nitrogens with two attached hydrogens (primary N) is 2. The van der Waals surface area contributed by atoms with E-state index >= 15 is 0 Å². The third-order valence-corrected chi connectivity index (χ3v) is 3.31. The fourth-order valence-electron chi connectivity index (χ4n) is 2.11. The lowest BCUT2D eigenvalue weighted by Crippen LogP contribution is -2.38. The molecular formula is C12H17N3O. The minimum atomic E-state index is -0.423. The maximum atomic E-state index is 11.3. The van der Waals surface area contributed by atoms with Crippen molar-refractivity contribution in [3.8, 4) is 0 Å². The zero-order valence-electron chi connectivity index (χ0n) is 9.44. The highest BCUT2D eigenvalue weighted by Gasteiger charge is 2.26. The SMILES string of the molecule is CN(c1c(N)cccc1C(N)=O)C1CCC1. The molecule has 0 unspecified atom stereocenters. The minimum Gasteiger partial charge on any atom is -0.397 e. The van der Waals surface area contributed by atoms with Crippen molar-refractivity contribution in [2.24, 2.45) is 5.73 Å². The Morgan fingerprint density at radius 2 is 2.12 bits per heavy atom. The summed E-state index contributed by atoms with van der Waals surface area (Å²) in [7, 11) is 1.97. The predicted octanol–water partition coefficient (Wildman–Crippen LogP) is 1.36. The van der Waals surface area contributed by atoms with Crippen LogP contribution in [0.5, 0.6) is 0 Å². The monoisotopic (exact) mass is 219 g/mol. The van der Waals surface area contributed by atoms with E-state index in [0.717, 1.165) is 18.5 Å². The van der Waals surface area contributed by atoms with Crippen LogP contribution in [-0.2, 0) is 0 Å². The van der Waals surface area contributed by atoms with Crippen molar-refractivity contribution >= 4 is 17.3 Å². The van der Waals surface area contributed by atoms with Crippen LogP contribution in [0.4, 0.5) is 11.4 Å². The number of nitrogen functional groups attached to an aromatic ring is 1. The van der Waals surface area contributed by atoms with E-state index in [4.69, 9.17) is 11.5 Å². The van der Waals surface area contributed by atoms with Crippen LogP contribution in [0, 0.1) is 0 Å². The number of carbonyl (C=O) groups excluding carboxylic acids is 1. The van der Waals surface area contributed by atoms with Gasteiger partial charge in [0.1, 0.15) is 0 Å². The molecule has 0 aromatic heterocycles. The van der Waals surface area contributed by atoms with Gasteiger partial charge in [-0.25, -0.2) is 0 Å². The summed E-state index contributed by atoms with van der Waals surface area (Å²) in [6.07, 6.45) is 3.56. The van der Waals surface area contributed by atoms with E-state index in [0.29, 0.717) is 17.3 Å². The van der Waals surface area contributed by atoms with Crippen molar-refractivity contribution in [1.29, 1.82) is 0 Å². The number of rotatable bonds is 3. The number of primary amides is 1. The molecule has 4 nitrogen and oxygen atoms in total. The van der Waals surface area contributed by atoms with Gasteiger partial charge in [-0.1, -0.05) is 6.07 Å². The smallest absolute Gasteiger partial charge is 0.250 e. The molecule has 0 atom stereocenters. The summed E-state index contributed by atoms with van der Waals surface area (Å²) < 4.78 is 0. The Hall–Kier alpha value is -1.71. The summed E-state index contributed by atoms with van der Waals surface area (Å²) in [6, 6.07) is 5.77. The van der Waals surface area contributed by atoms with E-state index < -0.39 is 5.91 Å². The minimum absolute atomic E-state index is 0.423. The molecule has 0 saturated heterocycles. The number of benzene rings is 1. The van der Waals surface area contributed by atoms with Crippen LogP contribution in [0.2, 0.25) is 0 Å². The predicted molar refractivity (Wildman–Crippen MR) is 65.4 cm³/mol. The molecular weight excluding hydrogens is 202 g/mol. The molecule has 1 saturated carbocycles. The van der Waals surface area contributed by atoms with Gasteiger partial charge in [-0.15, -0.1) is 0 Å². The first kappa shape index (κ1) is 10.8. The third kappa shape index (κ3) is 1.71. The average molecular weight is 219 g/mol. The van der Waals surface area contributed by atoms with Gasteiger partial charge < -0.3 is 16.4 Å². The molecule has 1 aliphatic rings. The lowest BCUT2D eigenvalue weighted by molar-refractivity contribution is 0.100. The summed E-state index contributed by atoms with van der Waals surface area (Å²) in [6.45, 7) is 0. The number of hydrogen-bond donors (Lipinski definition) is 2. The quantitative estimate of drug-likeness (QED) is 0.754. The van der Waals surface area contributed by atoms with E-state index in [-0.39, 0.29) is 0 Å². The lowest BCUT2D eigenvalue weighted by atomic mass is 9.91. The Balaban J connectivity index is 2.40. The average Bonchev–Trinajstić information content (AvgIpc) is 2.14. The van der Waals surface area contributed by atoms with Crippen LogP contribution in [-0.4, -0.2) is 19.0 Å². The Bertz CT molecular complexity index is 413. The fourth-order valence-corrected chi connectivity index (χ4v) is 2.11. The topological polar surface area (TPSA) is 72.3 Å². The summed E-state index contributed by atoms with van der Waals surface area (Å²) in [5.41, 5.74) is 13.2. The van der Waals surface area contributed by atoms with Crippen LogP contribution in [0.3, 0.4) is 0 Å². The number of carbonyl (C=O) groups is 1. The third-order valence-electron chi connectivity index (χ3n) is 3.31. The van der Waals surface area contributed by atoms with Crippen molar-refractivity contribution in [2.75, 3.05) is 17.7 Å². The van der Waals surface area contributed by atoms with Gasteiger partial charge in [0, 0.05) is 13.1 Å². The molecule has 86 valence electrons. The Kier molecular flexibility index (Phi) is 2.73. The van der Waals surface area contributed by atoms with Crippen molar-refractivity contribution in [3.05, 3.63) is 23.8 Å². The molecule has 4 N–H and O–H groups in total. The van der Waals surface area contributed by atoms with Gasteiger partial charge in [0.05, 0.1) is 16.9 Å². The molecule has 1 amide bonds. The van der Waals surface area contributed by atoms with Crippen LogP contribution < -0.4 is 16.4 Å². The number of amides is 1. The van der Waals surface area contributed by atoms with Gasteiger partial charge in [0.25, 0.3) is 5.91 Å². The zero-order valence-corrected chi connectivity index (χ0v) is 9.44. The van der Waals surface area contributed by atoms with E-state index in [1.807, 2.05) is 7.05 Å². The summed E-state index contributed by atoms with van der Waals surface area (Å²) in [5.74, 6) is -0.423. The van der Waals surface area contributed by atoms with Crippen LogP contribution in [0.1, 0.15) is 29.6 Å². The zero-order chi connectivity index (χ0) is 11.7. The molecule has 4 heteroatoms. The molecule has 0 bridgehead atoms. The highest BCUT2D eigenvalue weighted by Crippen LogP contribution is 2.33. The van der Waals surface area contributed by atoms with E-state index in [2.05, 4.69) is 4.90 Å². The molecule has 16 heavy (non-hydrogen) atoms. The fraction of sp³-hybridized carbons (Fsp3) is 0.417. The molecule has 2 rings (SSSR count). The Morgan fingerprint density at radius 1 is 1.44 bits per heavy atom.